The number of carbonyl (C=O) groups excluding carboxylic acids is 1. The Hall–Kier alpha value is -2.89. The van der Waals surface area contributed by atoms with Gasteiger partial charge in [-0.3, -0.25) is 9.78 Å². The van der Waals surface area contributed by atoms with E-state index in [9.17, 15) is 4.79 Å². The molecule has 1 N–H and O–H groups in total. The van der Waals surface area contributed by atoms with E-state index in [-0.39, 0.29) is 11.8 Å². The molecule has 6 nitrogen and oxygen atoms in total. The zero-order valence-corrected chi connectivity index (χ0v) is 17.3. The van der Waals surface area contributed by atoms with Gasteiger partial charge in [0, 0.05) is 25.3 Å². The van der Waals surface area contributed by atoms with Crippen LogP contribution >= 0.6 is 0 Å². The maximum atomic E-state index is 12.9. The van der Waals surface area contributed by atoms with Crippen LogP contribution in [0.5, 0.6) is 0 Å². The number of anilines is 1. The molecule has 3 aromatic rings. The van der Waals surface area contributed by atoms with Crippen molar-refractivity contribution in [2.75, 3.05) is 18.0 Å². The number of benzene rings is 1. The van der Waals surface area contributed by atoms with Gasteiger partial charge in [0.15, 0.2) is 0 Å². The van der Waals surface area contributed by atoms with E-state index in [4.69, 9.17) is 4.98 Å². The molecule has 0 spiro atoms. The Morgan fingerprint density at radius 3 is 2.70 bits per heavy atom. The van der Waals surface area contributed by atoms with Gasteiger partial charge >= 0.3 is 0 Å². The summed E-state index contributed by atoms with van der Waals surface area (Å²) < 4.78 is 2.45. The van der Waals surface area contributed by atoms with Crippen molar-refractivity contribution in [1.82, 2.24) is 19.9 Å². The van der Waals surface area contributed by atoms with Crippen molar-refractivity contribution < 1.29 is 4.79 Å². The lowest BCUT2D eigenvalue weighted by atomic mass is 9.97. The summed E-state index contributed by atoms with van der Waals surface area (Å²) in [5.74, 6) is 1.15. The topological polar surface area (TPSA) is 63.1 Å². The van der Waals surface area contributed by atoms with Crippen molar-refractivity contribution in [2.45, 2.75) is 51.1 Å². The first-order valence-corrected chi connectivity index (χ1v) is 11.2. The second-order valence-corrected chi connectivity index (χ2v) is 8.53. The minimum atomic E-state index is -0.0145. The summed E-state index contributed by atoms with van der Waals surface area (Å²) in [7, 11) is 0. The molecule has 1 saturated heterocycles. The van der Waals surface area contributed by atoms with Gasteiger partial charge in [0.05, 0.1) is 29.2 Å². The normalized spacial score (nSPS) is 20.0. The van der Waals surface area contributed by atoms with Crippen LogP contribution in [0.2, 0.25) is 0 Å². The number of hydrogen-bond acceptors (Lipinski definition) is 4. The van der Waals surface area contributed by atoms with Crippen LogP contribution < -0.4 is 10.2 Å². The SMILES string of the molecule is O=C(NCc1ccccn1)[C@H]1CCCN(c2nc3ccccc3n2C2CCCC2)C1. The molecule has 0 bridgehead atoms. The molecule has 2 fully saturated rings. The number of piperidine rings is 1. The maximum Gasteiger partial charge on any atom is 0.225 e. The van der Waals surface area contributed by atoms with E-state index in [1.807, 2.05) is 18.2 Å². The lowest BCUT2D eigenvalue weighted by Crippen LogP contribution is -2.44. The first kappa shape index (κ1) is 19.1. The van der Waals surface area contributed by atoms with Gasteiger partial charge in [0.1, 0.15) is 0 Å². The number of imidazole rings is 1. The minimum Gasteiger partial charge on any atom is -0.350 e. The Morgan fingerprint density at radius 1 is 1.03 bits per heavy atom. The van der Waals surface area contributed by atoms with Crippen LogP contribution in [-0.2, 0) is 11.3 Å². The Morgan fingerprint density at radius 2 is 1.87 bits per heavy atom. The first-order valence-electron chi connectivity index (χ1n) is 11.2. The molecule has 2 aromatic heterocycles. The fourth-order valence-corrected chi connectivity index (χ4v) is 4.97. The van der Waals surface area contributed by atoms with Gasteiger partial charge in [0.25, 0.3) is 0 Å². The zero-order chi connectivity index (χ0) is 20.3. The molecule has 1 amide bonds. The van der Waals surface area contributed by atoms with Gasteiger partial charge in [-0.05, 0) is 49.9 Å². The van der Waals surface area contributed by atoms with E-state index in [1.165, 1.54) is 31.2 Å². The van der Waals surface area contributed by atoms with E-state index >= 15 is 0 Å². The second-order valence-electron chi connectivity index (χ2n) is 8.53. The molecule has 1 aliphatic carbocycles. The van der Waals surface area contributed by atoms with E-state index < -0.39 is 0 Å². The lowest BCUT2D eigenvalue weighted by molar-refractivity contribution is -0.125. The number of amides is 1. The molecule has 1 aliphatic heterocycles. The molecule has 0 radical (unpaired) electrons. The highest BCUT2D eigenvalue weighted by molar-refractivity contribution is 5.81. The van der Waals surface area contributed by atoms with Crippen molar-refractivity contribution in [3.05, 3.63) is 54.4 Å². The number of aromatic nitrogens is 3. The van der Waals surface area contributed by atoms with Crippen molar-refractivity contribution in [3.63, 3.8) is 0 Å². The molecule has 30 heavy (non-hydrogen) atoms. The van der Waals surface area contributed by atoms with Crippen LogP contribution in [-0.4, -0.2) is 33.5 Å². The zero-order valence-electron chi connectivity index (χ0n) is 17.3. The van der Waals surface area contributed by atoms with E-state index in [2.05, 4.69) is 44.0 Å². The van der Waals surface area contributed by atoms with Crippen molar-refractivity contribution in [1.29, 1.82) is 0 Å². The van der Waals surface area contributed by atoms with Crippen LogP contribution in [0.4, 0.5) is 5.95 Å². The number of hydrogen-bond donors (Lipinski definition) is 1. The smallest absolute Gasteiger partial charge is 0.225 e. The number of carbonyl (C=O) groups is 1. The average Bonchev–Trinajstić information content (AvgIpc) is 3.46. The summed E-state index contributed by atoms with van der Waals surface area (Å²) >= 11 is 0. The Bertz CT molecular complexity index is 1010. The summed E-state index contributed by atoms with van der Waals surface area (Å²) in [6.45, 7) is 2.17. The molecule has 6 heteroatoms. The van der Waals surface area contributed by atoms with Crippen LogP contribution in [0.1, 0.15) is 50.3 Å². The van der Waals surface area contributed by atoms with Crippen LogP contribution in [0.25, 0.3) is 11.0 Å². The van der Waals surface area contributed by atoms with Crippen molar-refractivity contribution in [2.24, 2.45) is 5.92 Å². The lowest BCUT2D eigenvalue weighted by Gasteiger charge is -2.34. The monoisotopic (exact) mass is 403 g/mol. The van der Waals surface area contributed by atoms with E-state index in [0.717, 1.165) is 43.1 Å². The van der Waals surface area contributed by atoms with Crippen LogP contribution in [0, 0.1) is 5.92 Å². The van der Waals surface area contributed by atoms with E-state index in [0.29, 0.717) is 12.6 Å². The number of rotatable bonds is 5. The second kappa shape index (κ2) is 8.46. The molecule has 156 valence electrons. The van der Waals surface area contributed by atoms with Gasteiger partial charge in [-0.1, -0.05) is 31.0 Å². The average molecular weight is 404 g/mol. The quantitative estimate of drug-likeness (QED) is 0.697. The molecule has 1 aromatic carbocycles. The first-order chi connectivity index (χ1) is 14.8. The highest BCUT2D eigenvalue weighted by Gasteiger charge is 2.31. The minimum absolute atomic E-state index is 0.0145. The molecular weight excluding hydrogens is 374 g/mol. The summed E-state index contributed by atoms with van der Waals surface area (Å²) in [5, 5.41) is 3.08. The number of pyridine rings is 1. The van der Waals surface area contributed by atoms with Gasteiger partial charge in [-0.15, -0.1) is 0 Å². The summed E-state index contributed by atoms with van der Waals surface area (Å²) in [5.41, 5.74) is 3.17. The Balaban J connectivity index is 1.35. The van der Waals surface area contributed by atoms with E-state index in [1.54, 1.807) is 6.20 Å². The van der Waals surface area contributed by atoms with Gasteiger partial charge in [0.2, 0.25) is 11.9 Å². The fourth-order valence-electron chi connectivity index (χ4n) is 4.97. The molecule has 1 saturated carbocycles. The highest BCUT2D eigenvalue weighted by atomic mass is 16.1. The summed E-state index contributed by atoms with van der Waals surface area (Å²) in [6.07, 6.45) is 8.70. The maximum absolute atomic E-state index is 12.9. The van der Waals surface area contributed by atoms with Crippen LogP contribution in [0.3, 0.4) is 0 Å². The number of para-hydroxylation sites is 2. The summed E-state index contributed by atoms with van der Waals surface area (Å²) in [6, 6.07) is 14.7. The Kier molecular flexibility index (Phi) is 5.39. The third kappa shape index (κ3) is 3.78. The highest BCUT2D eigenvalue weighted by Crippen LogP contribution is 2.37. The fraction of sp³-hybridized carbons (Fsp3) is 0.458. The van der Waals surface area contributed by atoms with Crippen molar-refractivity contribution in [3.8, 4) is 0 Å². The molecule has 1 atom stereocenters. The number of fused-ring (bicyclic) bond motifs is 1. The molecule has 3 heterocycles. The third-order valence-corrected chi connectivity index (χ3v) is 6.51. The Labute approximate surface area is 177 Å². The molecule has 2 aliphatic rings. The van der Waals surface area contributed by atoms with Gasteiger partial charge < -0.3 is 14.8 Å². The van der Waals surface area contributed by atoms with Gasteiger partial charge in [-0.2, -0.15) is 0 Å². The largest absolute Gasteiger partial charge is 0.350 e. The van der Waals surface area contributed by atoms with Gasteiger partial charge in [-0.25, -0.2) is 4.98 Å². The van der Waals surface area contributed by atoms with Crippen molar-refractivity contribution >= 4 is 22.9 Å². The standard InChI is InChI=1S/C24H29N5O/c30-23(26-16-19-9-5-6-14-25-19)18-8-7-15-28(17-18)24-27-21-12-3-4-13-22(21)29(24)20-10-1-2-11-20/h3-6,9,12-14,18,20H,1-2,7-8,10-11,15-17H2,(H,26,30)/t18-/m0/s1. The summed E-state index contributed by atoms with van der Waals surface area (Å²) in [4.78, 5) is 24.5. The predicted molar refractivity (Wildman–Crippen MR) is 118 cm³/mol. The predicted octanol–water partition coefficient (Wildman–Crippen LogP) is 4.08. The molecular formula is C24H29N5O. The number of nitrogens with one attached hydrogen (secondary N) is 1. The third-order valence-electron chi connectivity index (χ3n) is 6.51. The molecule has 5 rings (SSSR count). The number of nitrogens with zero attached hydrogens (tertiary/aromatic N) is 4. The molecule has 0 unspecified atom stereocenters. The van der Waals surface area contributed by atoms with Crippen LogP contribution in [0.15, 0.2) is 48.7 Å².